The third-order valence-electron chi connectivity index (χ3n) is 4.08. The highest BCUT2D eigenvalue weighted by Crippen LogP contribution is 2.33. The van der Waals surface area contributed by atoms with Crippen molar-refractivity contribution in [3.63, 3.8) is 0 Å². The molecule has 0 saturated carbocycles. The number of amides is 1. The van der Waals surface area contributed by atoms with E-state index in [0.717, 1.165) is 5.56 Å². The lowest BCUT2D eigenvalue weighted by molar-refractivity contribution is -0.125. The van der Waals surface area contributed by atoms with Gasteiger partial charge in [0.05, 0.1) is 26.5 Å². The summed E-state index contributed by atoms with van der Waals surface area (Å²) in [7, 11) is 0. The molecule has 0 spiro atoms. The lowest BCUT2D eigenvalue weighted by Crippen LogP contribution is -2.32. The molecule has 28 heavy (non-hydrogen) atoms. The van der Waals surface area contributed by atoms with Gasteiger partial charge in [-0.1, -0.05) is 47.1 Å². The van der Waals surface area contributed by atoms with Crippen LogP contribution in [-0.2, 0) is 11.2 Å². The van der Waals surface area contributed by atoms with Gasteiger partial charge < -0.3 is 5.11 Å². The van der Waals surface area contributed by atoms with Crippen molar-refractivity contribution >= 4 is 57.7 Å². The Labute approximate surface area is 176 Å². The first-order valence-corrected chi connectivity index (χ1v) is 9.97. The molecule has 0 aromatic heterocycles. The van der Waals surface area contributed by atoms with E-state index in [2.05, 4.69) is 11.6 Å². The van der Waals surface area contributed by atoms with Gasteiger partial charge in [0, 0.05) is 6.54 Å². The maximum Gasteiger partial charge on any atom is 0.335 e. The number of nitrogens with zero attached hydrogens (tertiary/aromatic N) is 2. The second kappa shape index (κ2) is 8.82. The van der Waals surface area contributed by atoms with Crippen LogP contribution in [0.1, 0.15) is 15.9 Å². The highest BCUT2D eigenvalue weighted by Gasteiger charge is 2.37. The van der Waals surface area contributed by atoms with Crippen molar-refractivity contribution in [1.29, 1.82) is 0 Å². The lowest BCUT2D eigenvalue weighted by Gasteiger charge is -2.14. The lowest BCUT2D eigenvalue weighted by atomic mass is 10.1. The molecule has 0 radical (unpaired) electrons. The summed E-state index contributed by atoms with van der Waals surface area (Å²) in [4.78, 5) is 29.9. The molecule has 1 unspecified atom stereocenters. The number of carboxylic acids is 1. The molecule has 1 amide bonds. The van der Waals surface area contributed by atoms with Crippen molar-refractivity contribution in [1.82, 2.24) is 4.90 Å². The van der Waals surface area contributed by atoms with Gasteiger partial charge in [0.1, 0.15) is 0 Å². The predicted molar refractivity (Wildman–Crippen MR) is 114 cm³/mol. The summed E-state index contributed by atoms with van der Waals surface area (Å²) in [6.07, 6.45) is 2.13. The third kappa shape index (κ3) is 4.58. The topological polar surface area (TPSA) is 70.0 Å². The summed E-state index contributed by atoms with van der Waals surface area (Å²) in [5.74, 6) is -1.06. The number of rotatable bonds is 6. The second-order valence-corrected chi connectivity index (χ2v) is 8.03. The van der Waals surface area contributed by atoms with Crippen LogP contribution in [0.4, 0.5) is 5.69 Å². The monoisotopic (exact) mass is 434 g/mol. The van der Waals surface area contributed by atoms with Crippen molar-refractivity contribution < 1.29 is 14.7 Å². The molecular weight excluding hydrogens is 419 g/mol. The zero-order valence-corrected chi connectivity index (χ0v) is 17.0. The molecule has 144 valence electrons. The van der Waals surface area contributed by atoms with Crippen LogP contribution in [-0.4, -0.2) is 38.8 Å². The van der Waals surface area contributed by atoms with E-state index >= 15 is 0 Å². The zero-order valence-electron chi connectivity index (χ0n) is 14.6. The van der Waals surface area contributed by atoms with E-state index in [1.54, 1.807) is 35.2 Å². The number of carboxylic acid groups (broad SMARTS) is 1. The number of amidine groups is 1. The Morgan fingerprint density at radius 2 is 1.93 bits per heavy atom. The summed E-state index contributed by atoms with van der Waals surface area (Å²) < 4.78 is 0. The maximum atomic E-state index is 12.8. The molecule has 1 saturated heterocycles. The number of carbonyl (C=O) groups excluding carboxylic acids is 1. The van der Waals surface area contributed by atoms with Crippen LogP contribution in [0.3, 0.4) is 0 Å². The average molecular weight is 435 g/mol. The molecule has 5 nitrogen and oxygen atoms in total. The molecule has 0 bridgehead atoms. The fourth-order valence-electron chi connectivity index (χ4n) is 2.69. The molecule has 0 aliphatic carbocycles. The third-order valence-corrected chi connectivity index (χ3v) is 5.99. The number of carbonyl (C=O) groups is 2. The maximum absolute atomic E-state index is 12.8. The van der Waals surface area contributed by atoms with E-state index in [4.69, 9.17) is 28.3 Å². The quantitative estimate of drug-likeness (QED) is 0.645. The van der Waals surface area contributed by atoms with E-state index in [0.29, 0.717) is 33.9 Å². The van der Waals surface area contributed by atoms with Gasteiger partial charge >= 0.3 is 5.97 Å². The summed E-state index contributed by atoms with van der Waals surface area (Å²) in [5, 5.41) is 10.1. The highest BCUT2D eigenvalue weighted by atomic mass is 35.5. The van der Waals surface area contributed by atoms with Crippen LogP contribution in [0.2, 0.25) is 10.0 Å². The molecule has 3 rings (SSSR count). The Bertz CT molecular complexity index is 960. The van der Waals surface area contributed by atoms with E-state index in [1.807, 2.05) is 6.07 Å². The number of hydrogen-bond donors (Lipinski definition) is 1. The minimum absolute atomic E-state index is 0.0584. The smallest absolute Gasteiger partial charge is 0.335 e. The van der Waals surface area contributed by atoms with Crippen molar-refractivity contribution in [3.8, 4) is 0 Å². The van der Waals surface area contributed by atoms with Gasteiger partial charge in [-0.3, -0.25) is 9.69 Å². The number of halogens is 2. The van der Waals surface area contributed by atoms with Crippen molar-refractivity contribution in [3.05, 3.63) is 76.3 Å². The first kappa shape index (κ1) is 20.5. The minimum Gasteiger partial charge on any atom is -0.478 e. The standard InChI is InChI=1S/C20H16Cl2N2O3S/c1-2-9-24-18(25)17(11-12-3-8-15(21)16(22)10-12)28-20(24)23-14-6-4-13(5-7-14)19(26)27/h2-8,10,17H,1,9,11H2,(H,26,27). The number of benzene rings is 2. The van der Waals surface area contributed by atoms with Gasteiger partial charge in [-0.25, -0.2) is 9.79 Å². The van der Waals surface area contributed by atoms with Gasteiger partial charge in [0.25, 0.3) is 0 Å². The average Bonchev–Trinajstić information content (AvgIpc) is 2.94. The molecule has 8 heteroatoms. The molecule has 2 aromatic rings. The molecule has 1 atom stereocenters. The number of aliphatic imine (C=N–C) groups is 1. The number of thioether (sulfide) groups is 1. The van der Waals surface area contributed by atoms with Gasteiger partial charge in [-0.05, 0) is 48.4 Å². The molecule has 1 aliphatic rings. The largest absolute Gasteiger partial charge is 0.478 e. The highest BCUT2D eigenvalue weighted by molar-refractivity contribution is 8.15. The Morgan fingerprint density at radius 1 is 1.21 bits per heavy atom. The van der Waals surface area contributed by atoms with Crippen molar-refractivity contribution in [2.75, 3.05) is 6.54 Å². The van der Waals surface area contributed by atoms with Crippen molar-refractivity contribution in [2.24, 2.45) is 4.99 Å². The second-order valence-electron chi connectivity index (χ2n) is 6.04. The van der Waals surface area contributed by atoms with Crippen LogP contribution in [0.25, 0.3) is 0 Å². The van der Waals surface area contributed by atoms with Gasteiger partial charge in [0.2, 0.25) is 5.91 Å². The number of hydrogen-bond acceptors (Lipinski definition) is 4. The fourth-order valence-corrected chi connectivity index (χ4v) is 4.22. The molecule has 1 fully saturated rings. The normalized spacial score (nSPS) is 17.9. The molecule has 1 N–H and O–H groups in total. The van der Waals surface area contributed by atoms with Crippen LogP contribution in [0, 0.1) is 0 Å². The van der Waals surface area contributed by atoms with Gasteiger partial charge in [0.15, 0.2) is 5.17 Å². The first-order valence-electron chi connectivity index (χ1n) is 8.34. The summed E-state index contributed by atoms with van der Waals surface area (Å²) in [6, 6.07) is 11.5. The van der Waals surface area contributed by atoms with E-state index in [9.17, 15) is 9.59 Å². The van der Waals surface area contributed by atoms with Gasteiger partial charge in [-0.2, -0.15) is 0 Å². The Kier molecular flexibility index (Phi) is 6.44. The Hall–Kier alpha value is -2.28. The fraction of sp³-hybridized carbons (Fsp3) is 0.150. The van der Waals surface area contributed by atoms with Gasteiger partial charge in [-0.15, -0.1) is 6.58 Å². The van der Waals surface area contributed by atoms with E-state index in [-0.39, 0.29) is 16.7 Å². The molecule has 1 heterocycles. The SMILES string of the molecule is C=CCN1C(=O)C(Cc2ccc(Cl)c(Cl)c2)SC1=Nc1ccc(C(=O)O)cc1. The predicted octanol–water partition coefficient (Wildman–Crippen LogP) is 5.05. The molecular formula is C20H16Cl2N2O3S. The number of aromatic carboxylic acids is 1. The zero-order chi connectivity index (χ0) is 20.3. The Balaban J connectivity index is 1.84. The van der Waals surface area contributed by atoms with Crippen LogP contribution in [0.15, 0.2) is 60.1 Å². The molecule has 1 aliphatic heterocycles. The van der Waals surface area contributed by atoms with Crippen LogP contribution < -0.4 is 0 Å². The van der Waals surface area contributed by atoms with E-state index in [1.165, 1.54) is 23.9 Å². The first-order chi connectivity index (χ1) is 13.4. The van der Waals surface area contributed by atoms with Crippen molar-refractivity contribution in [2.45, 2.75) is 11.7 Å². The molecule has 2 aromatic carbocycles. The van der Waals surface area contributed by atoms with Crippen LogP contribution >= 0.6 is 35.0 Å². The summed E-state index contributed by atoms with van der Waals surface area (Å²) in [6.45, 7) is 4.05. The summed E-state index contributed by atoms with van der Waals surface area (Å²) >= 11 is 13.4. The summed E-state index contributed by atoms with van der Waals surface area (Å²) in [5.41, 5.74) is 1.66. The van der Waals surface area contributed by atoms with Crippen LogP contribution in [0.5, 0.6) is 0 Å². The Morgan fingerprint density at radius 3 is 2.54 bits per heavy atom. The minimum atomic E-state index is -1.00. The van der Waals surface area contributed by atoms with E-state index < -0.39 is 5.97 Å².